The average molecular weight is 345 g/mol. The molecule has 0 aromatic heterocycles. The molecule has 0 radical (unpaired) electrons. The van der Waals surface area contributed by atoms with Crippen LogP contribution in [0.2, 0.25) is 0 Å². The maximum Gasteiger partial charge on any atom is 0.509 e. The van der Waals surface area contributed by atoms with Gasteiger partial charge in [-0.3, -0.25) is 4.79 Å². The van der Waals surface area contributed by atoms with Gasteiger partial charge in [0.25, 0.3) is 0 Å². The van der Waals surface area contributed by atoms with Crippen LogP contribution in [0, 0.1) is 0 Å². The Morgan fingerprint density at radius 2 is 1.96 bits per heavy atom. The molecule has 5 atom stereocenters. The predicted molar refractivity (Wildman–Crippen MR) is 81.9 cm³/mol. The van der Waals surface area contributed by atoms with E-state index in [0.717, 1.165) is 0 Å². The minimum atomic E-state index is -1.40. The van der Waals surface area contributed by atoms with Gasteiger partial charge in [0, 0.05) is 6.92 Å². The third-order valence-electron chi connectivity index (χ3n) is 3.15. The highest BCUT2D eigenvalue weighted by molar-refractivity contribution is 5.73. The Kier molecular flexibility index (Phi) is 8.41. The van der Waals surface area contributed by atoms with E-state index >= 15 is 0 Å². The molecule has 0 spiro atoms. The highest BCUT2D eigenvalue weighted by Gasteiger charge is 2.48. The minimum Gasteiger partial charge on any atom is -0.430 e. The summed E-state index contributed by atoms with van der Waals surface area (Å²) in [5, 5.41) is 22.1. The number of aliphatic hydroxyl groups excluding tert-OH is 2. The molecule has 0 aromatic carbocycles. The zero-order valence-corrected chi connectivity index (χ0v) is 13.4. The normalized spacial score (nSPS) is 29.4. The molecule has 1 amide bonds. The predicted octanol–water partition coefficient (Wildman–Crippen LogP) is -0.520. The first kappa shape index (κ1) is 20.1. The SMILES string of the molecule is C=CCOC(=O)O[C@H]1[C@H](O)[C@@H](CO)O[C@@H](OCC=C)[C@@H]1NC(C)=O. The van der Waals surface area contributed by atoms with Crippen LogP contribution < -0.4 is 5.32 Å². The van der Waals surface area contributed by atoms with Gasteiger partial charge in [-0.05, 0) is 0 Å². The fraction of sp³-hybridized carbons (Fsp3) is 0.600. The van der Waals surface area contributed by atoms with Gasteiger partial charge in [-0.1, -0.05) is 18.7 Å². The van der Waals surface area contributed by atoms with E-state index < -0.39 is 49.3 Å². The zero-order valence-electron chi connectivity index (χ0n) is 13.4. The number of carbonyl (C=O) groups excluding carboxylic acids is 2. The number of nitrogens with one attached hydrogen (secondary N) is 1. The lowest BCUT2D eigenvalue weighted by atomic mass is 9.96. The maximum atomic E-state index is 11.7. The fourth-order valence-electron chi connectivity index (χ4n) is 2.17. The lowest BCUT2D eigenvalue weighted by Gasteiger charge is -2.43. The molecule has 0 bridgehead atoms. The average Bonchev–Trinajstić information content (AvgIpc) is 2.55. The van der Waals surface area contributed by atoms with Crippen molar-refractivity contribution in [2.75, 3.05) is 19.8 Å². The minimum absolute atomic E-state index is 0.0806. The Hall–Kier alpha value is -1.94. The summed E-state index contributed by atoms with van der Waals surface area (Å²) >= 11 is 0. The topological polar surface area (TPSA) is 124 Å². The fourth-order valence-corrected chi connectivity index (χ4v) is 2.17. The molecule has 1 fully saturated rings. The van der Waals surface area contributed by atoms with Crippen molar-refractivity contribution >= 4 is 12.1 Å². The number of hydrogen-bond acceptors (Lipinski definition) is 8. The molecule has 24 heavy (non-hydrogen) atoms. The van der Waals surface area contributed by atoms with E-state index in [9.17, 15) is 19.8 Å². The summed E-state index contributed by atoms with van der Waals surface area (Å²) in [6.45, 7) is 7.62. The molecule has 1 rings (SSSR count). The molecule has 1 aliphatic heterocycles. The summed E-state index contributed by atoms with van der Waals surface area (Å²) in [7, 11) is 0. The lowest BCUT2D eigenvalue weighted by Crippen LogP contribution is -2.65. The van der Waals surface area contributed by atoms with E-state index in [4.69, 9.17) is 18.9 Å². The molecule has 0 unspecified atom stereocenters. The van der Waals surface area contributed by atoms with Crippen molar-refractivity contribution in [2.45, 2.75) is 37.6 Å². The van der Waals surface area contributed by atoms with E-state index in [2.05, 4.69) is 18.5 Å². The first-order valence-corrected chi connectivity index (χ1v) is 7.32. The second-order valence-electron chi connectivity index (χ2n) is 5.00. The Balaban J connectivity index is 2.97. The summed E-state index contributed by atoms with van der Waals surface area (Å²) in [5.41, 5.74) is 0. The van der Waals surface area contributed by atoms with E-state index in [0.29, 0.717) is 0 Å². The van der Waals surface area contributed by atoms with Crippen LogP contribution in [0.25, 0.3) is 0 Å². The van der Waals surface area contributed by atoms with Gasteiger partial charge < -0.3 is 34.5 Å². The summed E-state index contributed by atoms with van der Waals surface area (Å²) < 4.78 is 20.6. The van der Waals surface area contributed by atoms with Gasteiger partial charge in [0.2, 0.25) is 5.91 Å². The summed E-state index contributed by atoms with van der Waals surface area (Å²) in [4.78, 5) is 23.1. The van der Waals surface area contributed by atoms with Gasteiger partial charge in [0.1, 0.15) is 24.9 Å². The van der Waals surface area contributed by atoms with Crippen molar-refractivity contribution in [2.24, 2.45) is 0 Å². The maximum absolute atomic E-state index is 11.7. The Morgan fingerprint density at radius 3 is 2.50 bits per heavy atom. The third kappa shape index (κ3) is 5.60. The highest BCUT2D eigenvalue weighted by Crippen LogP contribution is 2.25. The van der Waals surface area contributed by atoms with Crippen LogP contribution in [0.3, 0.4) is 0 Å². The molecular weight excluding hydrogens is 322 g/mol. The van der Waals surface area contributed by atoms with Crippen LogP contribution in [0.4, 0.5) is 4.79 Å². The van der Waals surface area contributed by atoms with Gasteiger partial charge in [0.15, 0.2) is 12.4 Å². The van der Waals surface area contributed by atoms with Gasteiger partial charge in [-0.15, -0.1) is 6.58 Å². The van der Waals surface area contributed by atoms with Crippen LogP contribution >= 0.6 is 0 Å². The number of amides is 1. The Morgan fingerprint density at radius 1 is 1.29 bits per heavy atom. The van der Waals surface area contributed by atoms with Crippen LogP contribution in [-0.4, -0.2) is 72.7 Å². The molecule has 0 aliphatic carbocycles. The molecule has 1 heterocycles. The van der Waals surface area contributed by atoms with Crippen molar-refractivity contribution in [3.05, 3.63) is 25.3 Å². The zero-order chi connectivity index (χ0) is 18.1. The van der Waals surface area contributed by atoms with E-state index in [1.165, 1.54) is 19.1 Å². The van der Waals surface area contributed by atoms with Gasteiger partial charge in [-0.2, -0.15) is 0 Å². The van der Waals surface area contributed by atoms with Crippen LogP contribution in [-0.2, 0) is 23.7 Å². The lowest BCUT2D eigenvalue weighted by molar-refractivity contribution is -0.268. The summed E-state index contributed by atoms with van der Waals surface area (Å²) in [5.74, 6) is -0.446. The van der Waals surface area contributed by atoms with E-state index in [1.807, 2.05) is 0 Å². The second kappa shape index (κ2) is 10.0. The van der Waals surface area contributed by atoms with Gasteiger partial charge in [0.05, 0.1) is 13.2 Å². The van der Waals surface area contributed by atoms with E-state index in [1.54, 1.807) is 0 Å². The molecule has 9 heteroatoms. The number of hydrogen-bond donors (Lipinski definition) is 3. The monoisotopic (exact) mass is 345 g/mol. The molecule has 1 aliphatic rings. The molecule has 9 nitrogen and oxygen atoms in total. The molecule has 0 saturated carbocycles. The standard InChI is InChI=1S/C15H23NO8/c1-4-6-21-14-11(16-9(3)18)13(12(19)10(8-17)23-14)24-15(20)22-7-5-2/h4-5,10-14,17,19H,1-2,6-8H2,3H3,(H,16,18)/t10-,11-,12-,13-,14-/m1/s1. The number of rotatable bonds is 8. The van der Waals surface area contributed by atoms with Gasteiger partial charge >= 0.3 is 6.16 Å². The van der Waals surface area contributed by atoms with Crippen molar-refractivity contribution in [1.29, 1.82) is 0 Å². The summed E-state index contributed by atoms with van der Waals surface area (Å²) in [6.07, 6.45) is -3.03. The largest absolute Gasteiger partial charge is 0.509 e. The van der Waals surface area contributed by atoms with Crippen molar-refractivity contribution in [3.63, 3.8) is 0 Å². The number of aliphatic hydroxyl groups is 2. The Labute approximate surface area is 139 Å². The number of ether oxygens (including phenoxy) is 4. The highest BCUT2D eigenvalue weighted by atomic mass is 16.7. The quantitative estimate of drug-likeness (QED) is 0.397. The van der Waals surface area contributed by atoms with Crippen molar-refractivity contribution in [1.82, 2.24) is 5.32 Å². The van der Waals surface area contributed by atoms with E-state index in [-0.39, 0.29) is 13.2 Å². The van der Waals surface area contributed by atoms with Crippen molar-refractivity contribution < 1.29 is 38.7 Å². The third-order valence-corrected chi connectivity index (χ3v) is 3.15. The first-order chi connectivity index (χ1) is 11.4. The van der Waals surface area contributed by atoms with Crippen LogP contribution in [0.15, 0.2) is 25.3 Å². The van der Waals surface area contributed by atoms with Crippen molar-refractivity contribution in [3.8, 4) is 0 Å². The molecule has 136 valence electrons. The molecular formula is C15H23NO8. The summed E-state index contributed by atoms with van der Waals surface area (Å²) in [6, 6.07) is -1.00. The number of carbonyl (C=O) groups is 2. The smallest absolute Gasteiger partial charge is 0.430 e. The first-order valence-electron chi connectivity index (χ1n) is 7.32. The second-order valence-corrected chi connectivity index (χ2v) is 5.00. The molecule has 1 saturated heterocycles. The van der Waals surface area contributed by atoms with Gasteiger partial charge in [-0.25, -0.2) is 4.79 Å². The molecule has 3 N–H and O–H groups in total. The molecule has 0 aromatic rings. The van der Waals surface area contributed by atoms with Crippen LogP contribution in [0.5, 0.6) is 0 Å². The van der Waals surface area contributed by atoms with Crippen LogP contribution in [0.1, 0.15) is 6.92 Å². The Bertz CT molecular complexity index is 455.